The Labute approximate surface area is 146 Å². The van der Waals surface area contributed by atoms with E-state index >= 15 is 0 Å². The number of carbonyl (C=O) groups is 1. The van der Waals surface area contributed by atoms with Crippen molar-refractivity contribution in [1.29, 1.82) is 0 Å². The normalized spacial score (nSPS) is 16.3. The number of hydrogen-bond acceptors (Lipinski definition) is 3. The second kappa shape index (κ2) is 6.83. The van der Waals surface area contributed by atoms with Crippen molar-refractivity contribution in [3.05, 3.63) is 64.7 Å². The van der Waals surface area contributed by atoms with Crippen LogP contribution in [-0.4, -0.2) is 24.7 Å². The molecule has 1 amide bonds. The molecule has 126 valence electrons. The number of amides is 1. The van der Waals surface area contributed by atoms with Crippen molar-refractivity contribution in [2.24, 2.45) is 0 Å². The SMILES string of the molecule is COc1ccccc1C1(C(=O)NCC(O)c2ccc(Cl)cc2)CC1. The number of methoxy groups -OCH3 is 1. The third kappa shape index (κ3) is 3.25. The first-order chi connectivity index (χ1) is 11.6. The molecule has 3 rings (SSSR count). The zero-order valence-corrected chi connectivity index (χ0v) is 14.2. The first-order valence-corrected chi connectivity index (χ1v) is 8.30. The van der Waals surface area contributed by atoms with E-state index in [1.165, 1.54) is 0 Å². The highest BCUT2D eigenvalue weighted by Gasteiger charge is 2.52. The molecule has 24 heavy (non-hydrogen) atoms. The van der Waals surface area contributed by atoms with E-state index in [9.17, 15) is 9.90 Å². The molecule has 0 spiro atoms. The van der Waals surface area contributed by atoms with Gasteiger partial charge in [0, 0.05) is 17.1 Å². The zero-order valence-electron chi connectivity index (χ0n) is 13.5. The molecule has 2 N–H and O–H groups in total. The minimum Gasteiger partial charge on any atom is -0.496 e. The van der Waals surface area contributed by atoms with E-state index in [0.29, 0.717) is 5.02 Å². The summed E-state index contributed by atoms with van der Waals surface area (Å²) in [5.74, 6) is 0.656. The summed E-state index contributed by atoms with van der Waals surface area (Å²) in [4.78, 5) is 12.7. The lowest BCUT2D eigenvalue weighted by Gasteiger charge is -2.20. The molecule has 0 aromatic heterocycles. The summed E-state index contributed by atoms with van der Waals surface area (Å²) in [5.41, 5.74) is 1.10. The smallest absolute Gasteiger partial charge is 0.230 e. The van der Waals surface area contributed by atoms with Crippen molar-refractivity contribution in [3.63, 3.8) is 0 Å². The number of carbonyl (C=O) groups excluding carboxylic acids is 1. The molecule has 1 unspecified atom stereocenters. The van der Waals surface area contributed by atoms with Gasteiger partial charge >= 0.3 is 0 Å². The second-order valence-electron chi connectivity index (χ2n) is 6.06. The van der Waals surface area contributed by atoms with Crippen LogP contribution in [0.5, 0.6) is 5.75 Å². The number of aliphatic hydroxyl groups is 1. The van der Waals surface area contributed by atoms with E-state index in [1.54, 1.807) is 31.4 Å². The molecular weight excluding hydrogens is 326 g/mol. The number of para-hydroxylation sites is 1. The number of hydrogen-bond donors (Lipinski definition) is 2. The van der Waals surface area contributed by atoms with Crippen LogP contribution in [0.25, 0.3) is 0 Å². The van der Waals surface area contributed by atoms with E-state index in [2.05, 4.69) is 5.32 Å². The Morgan fingerprint density at radius 2 is 1.92 bits per heavy atom. The van der Waals surface area contributed by atoms with E-state index in [4.69, 9.17) is 16.3 Å². The molecular formula is C19H20ClNO3. The molecule has 0 radical (unpaired) electrons. The standard InChI is InChI=1S/C19H20ClNO3/c1-24-17-5-3-2-4-15(17)19(10-11-19)18(23)21-12-16(22)13-6-8-14(20)9-7-13/h2-9,16,22H,10-12H2,1H3,(H,21,23). The quantitative estimate of drug-likeness (QED) is 0.845. The lowest BCUT2D eigenvalue weighted by atomic mass is 9.93. The Balaban J connectivity index is 1.67. The van der Waals surface area contributed by atoms with Gasteiger partial charge in [-0.15, -0.1) is 0 Å². The lowest BCUT2D eigenvalue weighted by molar-refractivity contribution is -0.124. The minimum absolute atomic E-state index is 0.0694. The van der Waals surface area contributed by atoms with Gasteiger partial charge in [0.15, 0.2) is 0 Å². The van der Waals surface area contributed by atoms with Gasteiger partial charge in [-0.3, -0.25) is 4.79 Å². The lowest BCUT2D eigenvalue weighted by Crippen LogP contribution is -2.37. The summed E-state index contributed by atoms with van der Waals surface area (Å²) in [5, 5.41) is 13.7. The fraction of sp³-hybridized carbons (Fsp3) is 0.316. The summed E-state index contributed by atoms with van der Waals surface area (Å²) in [6.45, 7) is 0.164. The second-order valence-corrected chi connectivity index (χ2v) is 6.50. The summed E-state index contributed by atoms with van der Waals surface area (Å²) < 4.78 is 5.39. The van der Waals surface area contributed by atoms with Gasteiger partial charge in [-0.2, -0.15) is 0 Å². The molecule has 1 atom stereocenters. The first kappa shape index (κ1) is 16.8. The molecule has 1 aliphatic carbocycles. The van der Waals surface area contributed by atoms with Crippen LogP contribution in [-0.2, 0) is 10.2 Å². The maximum absolute atomic E-state index is 12.7. The Hall–Kier alpha value is -2.04. The molecule has 0 aliphatic heterocycles. The molecule has 0 saturated heterocycles. The van der Waals surface area contributed by atoms with Crippen LogP contribution in [0.3, 0.4) is 0 Å². The van der Waals surface area contributed by atoms with Crippen LogP contribution in [0.15, 0.2) is 48.5 Å². The van der Waals surface area contributed by atoms with Gasteiger partial charge in [0.25, 0.3) is 0 Å². The van der Waals surface area contributed by atoms with E-state index in [0.717, 1.165) is 29.7 Å². The van der Waals surface area contributed by atoms with Crippen molar-refractivity contribution >= 4 is 17.5 Å². The summed E-state index contributed by atoms with van der Waals surface area (Å²) in [6.07, 6.45) is 0.812. The van der Waals surface area contributed by atoms with Crippen molar-refractivity contribution in [1.82, 2.24) is 5.32 Å². The van der Waals surface area contributed by atoms with Gasteiger partial charge in [-0.25, -0.2) is 0 Å². The van der Waals surface area contributed by atoms with Gasteiger partial charge in [-0.1, -0.05) is 41.9 Å². The first-order valence-electron chi connectivity index (χ1n) is 7.92. The topological polar surface area (TPSA) is 58.6 Å². The van der Waals surface area contributed by atoms with Gasteiger partial charge in [0.2, 0.25) is 5.91 Å². The summed E-state index contributed by atoms with van der Waals surface area (Å²) >= 11 is 5.85. The van der Waals surface area contributed by atoms with Crippen molar-refractivity contribution in [3.8, 4) is 5.75 Å². The van der Waals surface area contributed by atoms with Gasteiger partial charge in [-0.05, 0) is 36.6 Å². The van der Waals surface area contributed by atoms with Crippen molar-refractivity contribution in [2.75, 3.05) is 13.7 Å². The largest absolute Gasteiger partial charge is 0.496 e. The molecule has 4 nitrogen and oxygen atoms in total. The minimum atomic E-state index is -0.764. The third-order valence-electron chi connectivity index (χ3n) is 4.52. The van der Waals surface area contributed by atoms with E-state index < -0.39 is 11.5 Å². The Kier molecular flexibility index (Phi) is 4.78. The number of aliphatic hydroxyl groups excluding tert-OH is 1. The van der Waals surface area contributed by atoms with Gasteiger partial charge in [0.05, 0.1) is 18.6 Å². The molecule has 5 heteroatoms. The monoisotopic (exact) mass is 345 g/mol. The Bertz CT molecular complexity index is 726. The van der Waals surface area contributed by atoms with E-state index in [1.807, 2.05) is 24.3 Å². The number of halogens is 1. The Morgan fingerprint density at radius 1 is 1.25 bits per heavy atom. The van der Waals surface area contributed by atoms with Crippen LogP contribution < -0.4 is 10.1 Å². The van der Waals surface area contributed by atoms with E-state index in [-0.39, 0.29) is 12.5 Å². The number of nitrogens with one attached hydrogen (secondary N) is 1. The van der Waals surface area contributed by atoms with Gasteiger partial charge < -0.3 is 15.2 Å². The average molecular weight is 346 g/mol. The highest BCUT2D eigenvalue weighted by atomic mass is 35.5. The zero-order chi connectivity index (χ0) is 17.2. The molecule has 1 fully saturated rings. The predicted octanol–water partition coefficient (Wildman–Crippen LogP) is 3.23. The molecule has 1 saturated carbocycles. The number of benzene rings is 2. The maximum Gasteiger partial charge on any atom is 0.230 e. The highest BCUT2D eigenvalue weighted by Crippen LogP contribution is 2.51. The molecule has 2 aromatic carbocycles. The van der Waals surface area contributed by atoms with Crippen LogP contribution in [0.2, 0.25) is 5.02 Å². The number of rotatable bonds is 6. The van der Waals surface area contributed by atoms with Gasteiger partial charge in [0.1, 0.15) is 5.75 Å². The van der Waals surface area contributed by atoms with Crippen LogP contribution >= 0.6 is 11.6 Å². The molecule has 2 aromatic rings. The third-order valence-corrected chi connectivity index (χ3v) is 4.77. The molecule has 0 bridgehead atoms. The fourth-order valence-electron chi connectivity index (χ4n) is 2.95. The molecule has 1 aliphatic rings. The average Bonchev–Trinajstić information content (AvgIpc) is 3.41. The van der Waals surface area contributed by atoms with Crippen LogP contribution in [0.1, 0.15) is 30.1 Å². The van der Waals surface area contributed by atoms with Crippen LogP contribution in [0, 0.1) is 0 Å². The van der Waals surface area contributed by atoms with Crippen LogP contribution in [0.4, 0.5) is 0 Å². The van der Waals surface area contributed by atoms with Crippen molar-refractivity contribution in [2.45, 2.75) is 24.4 Å². The molecule has 0 heterocycles. The fourth-order valence-corrected chi connectivity index (χ4v) is 3.07. The van der Waals surface area contributed by atoms with Crippen molar-refractivity contribution < 1.29 is 14.6 Å². The maximum atomic E-state index is 12.7. The number of ether oxygens (including phenoxy) is 1. The summed E-state index contributed by atoms with van der Waals surface area (Å²) in [7, 11) is 1.61. The summed E-state index contributed by atoms with van der Waals surface area (Å²) in [6, 6.07) is 14.6. The highest BCUT2D eigenvalue weighted by molar-refractivity contribution is 6.30. The Morgan fingerprint density at radius 3 is 2.54 bits per heavy atom. The predicted molar refractivity (Wildman–Crippen MR) is 93.3 cm³/mol.